The molecule has 0 bridgehead atoms. The molecule has 334 valence electrons. The van der Waals surface area contributed by atoms with Crippen molar-refractivity contribution < 1.29 is 48.8 Å². The lowest BCUT2D eigenvalue weighted by molar-refractivity contribution is -0.0944. The van der Waals surface area contributed by atoms with Crippen molar-refractivity contribution >= 4 is 29.7 Å². The minimum atomic E-state index is -3.11. The summed E-state index contributed by atoms with van der Waals surface area (Å²) in [4.78, 5) is 67.2. The fourth-order valence-electron chi connectivity index (χ4n) is 6.97. The third-order valence-corrected chi connectivity index (χ3v) is 10.1. The van der Waals surface area contributed by atoms with E-state index < -0.39 is 70.7 Å². The number of benzene rings is 3. The number of methoxy groups -OCH3 is 2. The van der Waals surface area contributed by atoms with Crippen LogP contribution in [0.4, 0.5) is 0 Å². The Morgan fingerprint density at radius 1 is 0.726 bits per heavy atom. The van der Waals surface area contributed by atoms with Gasteiger partial charge in [-0.25, -0.2) is 9.59 Å². The lowest BCUT2D eigenvalue weighted by atomic mass is 9.80. The van der Waals surface area contributed by atoms with Gasteiger partial charge in [0.15, 0.2) is 0 Å². The summed E-state index contributed by atoms with van der Waals surface area (Å²) in [6.45, 7) is 2.89. The summed E-state index contributed by atoms with van der Waals surface area (Å²) >= 11 is 7.07. The van der Waals surface area contributed by atoms with Crippen molar-refractivity contribution in [2.24, 2.45) is 0 Å². The van der Waals surface area contributed by atoms with Gasteiger partial charge in [0.1, 0.15) is 41.8 Å². The van der Waals surface area contributed by atoms with Gasteiger partial charge in [0.05, 0.1) is 39.6 Å². The zero-order chi connectivity index (χ0) is 45.4. The Hall–Kier alpha value is -4.70. The van der Waals surface area contributed by atoms with Gasteiger partial charge in [-0.15, -0.1) is 0 Å². The van der Waals surface area contributed by atoms with Crippen molar-refractivity contribution in [3.8, 4) is 11.5 Å². The molecule has 4 heterocycles. The molecule has 2 aliphatic rings. The third-order valence-electron chi connectivity index (χ3n) is 10.1. The van der Waals surface area contributed by atoms with Crippen LogP contribution in [0.3, 0.4) is 0 Å². The van der Waals surface area contributed by atoms with Gasteiger partial charge in [0.25, 0.3) is 11.1 Å². The van der Waals surface area contributed by atoms with Gasteiger partial charge in [-0.2, -0.15) is 0 Å². The van der Waals surface area contributed by atoms with Crippen LogP contribution in [0.25, 0.3) is 0 Å². The number of H-pyrrole nitrogens is 2. The molecule has 0 saturated carbocycles. The van der Waals surface area contributed by atoms with Gasteiger partial charge in [-0.3, -0.25) is 28.7 Å². The largest absolute Gasteiger partial charge is 0.497 e. The van der Waals surface area contributed by atoms with Crippen LogP contribution in [0, 0.1) is 13.8 Å². The molecule has 6 atom stereocenters. The zero-order valence-corrected chi connectivity index (χ0v) is 36.7. The van der Waals surface area contributed by atoms with Gasteiger partial charge in [0, 0.05) is 36.4 Å². The second-order valence-corrected chi connectivity index (χ2v) is 19.4. The molecule has 0 unspecified atom stereocenters. The minimum Gasteiger partial charge on any atom is -0.497 e. The Balaban J connectivity index is 0.000000272. The lowest BCUT2D eigenvalue weighted by Crippen LogP contribution is -2.38. The molecule has 2 aromatic heterocycles. The van der Waals surface area contributed by atoms with E-state index in [1.165, 1.54) is 21.5 Å². The summed E-state index contributed by atoms with van der Waals surface area (Å²) in [5, 5.41) is 29.5. The van der Waals surface area contributed by atoms with E-state index in [2.05, 4.69) is 34.0 Å². The van der Waals surface area contributed by atoms with Crippen LogP contribution in [-0.2, 0) is 31.6 Å². The van der Waals surface area contributed by atoms with Gasteiger partial charge < -0.3 is 48.8 Å². The molecule has 5 aromatic rings. The van der Waals surface area contributed by atoms with Crippen molar-refractivity contribution in [1.29, 1.82) is 0 Å². The molecule has 21 heteroatoms. The Morgan fingerprint density at radius 3 is 1.50 bits per heavy atom. The number of aliphatic hydroxyl groups is 3. The average molecular weight is 917 g/mol. The highest BCUT2D eigenvalue weighted by Crippen LogP contribution is 2.43. The van der Waals surface area contributed by atoms with E-state index in [4.69, 9.17) is 38.6 Å². The predicted octanol–water partition coefficient (Wildman–Crippen LogP) is 2.13. The number of ether oxygens (including phenoxy) is 5. The van der Waals surface area contributed by atoms with E-state index in [1.54, 1.807) is 28.1 Å². The second-order valence-electron chi connectivity index (χ2n) is 14.3. The number of nitrogens with one attached hydrogen (secondary N) is 2. The van der Waals surface area contributed by atoms with Crippen LogP contribution < -0.4 is 32.0 Å². The molecular weight excluding hydrogens is 868 g/mol. The van der Waals surface area contributed by atoms with E-state index in [0.717, 1.165) is 16.7 Å². The summed E-state index contributed by atoms with van der Waals surface area (Å²) in [6.07, 6.45) is -1.34. The van der Waals surface area contributed by atoms with Crippen LogP contribution in [0.15, 0.2) is 110 Å². The number of hydrogen-bond acceptors (Lipinski definition) is 13. The molecule has 2 aliphatic heterocycles. The van der Waals surface area contributed by atoms with Crippen LogP contribution in [0.5, 0.6) is 11.5 Å². The number of rotatable bonds is 11. The number of aromatic nitrogens is 4. The average Bonchev–Trinajstić information content (AvgIpc) is 3.81. The Labute approximate surface area is 365 Å². The molecule has 2 fully saturated rings. The first kappa shape index (κ1) is 48.3. The van der Waals surface area contributed by atoms with Gasteiger partial charge >= 0.3 is 11.4 Å². The molecular formula is C41H49N4O14PS2. The number of aliphatic hydroxyl groups excluding tert-OH is 3. The number of aryl methyl sites for hydroxylation is 2. The maximum absolute atomic E-state index is 12.5. The molecule has 3 aromatic carbocycles. The van der Waals surface area contributed by atoms with Gasteiger partial charge in [-0.1, -0.05) is 66.8 Å². The van der Waals surface area contributed by atoms with Crippen molar-refractivity contribution in [3.63, 3.8) is 0 Å². The van der Waals surface area contributed by atoms with Crippen molar-refractivity contribution in [2.45, 2.75) is 69.2 Å². The van der Waals surface area contributed by atoms with Crippen LogP contribution in [-0.4, -0.2) is 96.1 Å². The Kier molecular flexibility index (Phi) is 16.5. The Bertz CT molecular complexity index is 2490. The van der Waals surface area contributed by atoms with E-state index in [1.807, 2.05) is 78.9 Å². The maximum atomic E-state index is 12.5. The summed E-state index contributed by atoms with van der Waals surface area (Å²) < 4.78 is 31.6. The molecule has 0 spiro atoms. The third kappa shape index (κ3) is 11.9. The molecule has 7 N–H and O–H groups in total. The van der Waals surface area contributed by atoms with E-state index >= 15 is 0 Å². The summed E-state index contributed by atoms with van der Waals surface area (Å²) in [5.74, 6) is 1.42. The molecule has 62 heavy (non-hydrogen) atoms. The monoisotopic (exact) mass is 916 g/mol. The second kappa shape index (κ2) is 21.1. The quantitative estimate of drug-likeness (QED) is 0.0537. The standard InChI is InChI=1S/C31H32N2O7.C10H14N2O5.H3O2PS2/c1-20-18-33(30(36)32-29(20)35)28-17-26(34)27(40-28)19-39-31(21-7-5-4-6-8-21,22-9-13-24(37-2)14-10-22)23-11-15-25(38-3)16-12-23;1-5-3-12(10(16)11-9(5)15)8-2-6(14)7(4-13)17-8;1-3(2,4)5/h4-16,18,26-28,34H,17,19H2,1-3H3,(H,32,35,36);3,6-8,13-14H,2,4H2,1H3,(H,11,15,16);(H3,1,2,4,5)/t26-,27+,28+;6-,7+,8+;/m00./s1. The van der Waals surface area contributed by atoms with Crippen LogP contribution >= 0.6 is 17.9 Å². The van der Waals surface area contributed by atoms with Crippen molar-refractivity contribution in [3.05, 3.63) is 161 Å². The fourth-order valence-corrected chi connectivity index (χ4v) is 6.97. The molecule has 0 radical (unpaired) electrons. The van der Waals surface area contributed by atoms with Crippen molar-refractivity contribution in [1.82, 2.24) is 19.1 Å². The summed E-state index contributed by atoms with van der Waals surface area (Å²) in [7, 11) is 3.23. The highest BCUT2D eigenvalue weighted by Gasteiger charge is 2.42. The Morgan fingerprint density at radius 2 is 1.11 bits per heavy atom. The summed E-state index contributed by atoms with van der Waals surface area (Å²) in [6, 6.07) is 25.1. The summed E-state index contributed by atoms with van der Waals surface area (Å²) in [5.41, 5.74) is -2.93. The van der Waals surface area contributed by atoms with Crippen molar-refractivity contribution in [2.75, 3.05) is 27.4 Å². The SMILES string of the molecule is COc1ccc(C(OC[C@H]2O[C@@H](n3cc(C)c(=O)[nH]c3=O)C[C@@H]2O)(c2ccccc2)c2ccc(OC)cc2)cc1.Cc1cn([C@H]2C[C@H](O)[C@@H](CO)O2)c(=O)[nH]c1=O.OP(O)(=S)S. The molecule has 2 saturated heterocycles. The number of hydrogen-bond donors (Lipinski definition) is 8. The zero-order valence-electron chi connectivity index (χ0n) is 34.1. The smallest absolute Gasteiger partial charge is 0.330 e. The highest BCUT2D eigenvalue weighted by molar-refractivity contribution is 8.59. The lowest BCUT2D eigenvalue weighted by Gasteiger charge is -2.37. The molecule has 0 amide bonds. The normalized spacial score (nSPS) is 21.0. The molecule has 0 aliphatic carbocycles. The molecule has 18 nitrogen and oxygen atoms in total. The van der Waals surface area contributed by atoms with Crippen LogP contribution in [0.2, 0.25) is 0 Å². The topological polar surface area (TPSA) is 257 Å². The minimum absolute atomic E-state index is 0.0156. The van der Waals surface area contributed by atoms with Crippen LogP contribution in [0.1, 0.15) is 53.1 Å². The van der Waals surface area contributed by atoms with Gasteiger partial charge in [-0.05, 0) is 66.6 Å². The van der Waals surface area contributed by atoms with E-state index in [-0.39, 0.29) is 26.1 Å². The first-order chi connectivity index (χ1) is 29.4. The molecule has 7 rings (SSSR count). The fraction of sp³-hybridized carbons (Fsp3) is 0.366. The number of thiol groups is 1. The maximum Gasteiger partial charge on any atom is 0.330 e. The van der Waals surface area contributed by atoms with E-state index in [9.17, 15) is 29.4 Å². The number of nitrogens with zero attached hydrogens (tertiary/aromatic N) is 2. The highest BCUT2D eigenvalue weighted by atomic mass is 32.9. The predicted molar refractivity (Wildman–Crippen MR) is 234 cm³/mol. The van der Waals surface area contributed by atoms with Gasteiger partial charge in [0.2, 0.25) is 5.69 Å². The first-order valence-electron chi connectivity index (χ1n) is 19.1. The number of aromatic amines is 2. The van der Waals surface area contributed by atoms with E-state index in [0.29, 0.717) is 22.6 Å². The first-order valence-corrected chi connectivity index (χ1v) is 22.9.